The van der Waals surface area contributed by atoms with E-state index in [1.54, 1.807) is 13.0 Å². The second kappa shape index (κ2) is 10.8. The van der Waals surface area contributed by atoms with E-state index in [1.165, 1.54) is 6.07 Å². The van der Waals surface area contributed by atoms with Crippen LogP contribution < -0.4 is 10.6 Å². The number of guanidine groups is 1. The Labute approximate surface area is 182 Å². The molecule has 0 saturated carbocycles. The maximum Gasteiger partial charge on any atom is 0.191 e. The lowest BCUT2D eigenvalue weighted by atomic mass is 10.1. The van der Waals surface area contributed by atoms with Crippen molar-refractivity contribution < 1.29 is 4.39 Å². The summed E-state index contributed by atoms with van der Waals surface area (Å²) in [4.78, 5) is 4.61. The Morgan fingerprint density at radius 1 is 1.11 bits per heavy atom. The SMILES string of the molecule is CCNC(=NCc1cnn(-c2ccccc2)c1)NCc1ccc(F)c(C)c1.I. The van der Waals surface area contributed by atoms with Gasteiger partial charge in [0.15, 0.2) is 5.96 Å². The second-order valence-corrected chi connectivity index (χ2v) is 6.26. The summed E-state index contributed by atoms with van der Waals surface area (Å²) >= 11 is 0. The molecule has 0 amide bonds. The summed E-state index contributed by atoms with van der Waals surface area (Å²) in [5.74, 6) is 0.529. The standard InChI is InChI=1S/C21H24FN5.HI/c1-3-23-21(24-12-17-9-10-20(22)16(2)11-17)25-13-18-14-26-27(15-18)19-7-5-4-6-8-19;/h4-11,14-15H,3,12-13H2,1-2H3,(H2,23,24,25);1H. The number of hydrogen-bond donors (Lipinski definition) is 2. The van der Waals surface area contributed by atoms with Gasteiger partial charge in [-0.2, -0.15) is 5.10 Å². The fourth-order valence-corrected chi connectivity index (χ4v) is 2.68. The van der Waals surface area contributed by atoms with Crippen LogP contribution in [0.5, 0.6) is 0 Å². The van der Waals surface area contributed by atoms with Gasteiger partial charge in [-0.1, -0.05) is 30.3 Å². The number of hydrogen-bond acceptors (Lipinski definition) is 2. The fourth-order valence-electron chi connectivity index (χ4n) is 2.68. The molecule has 0 fully saturated rings. The molecular weight excluding hydrogens is 468 g/mol. The van der Waals surface area contributed by atoms with Gasteiger partial charge in [0.2, 0.25) is 0 Å². The number of nitrogens with zero attached hydrogens (tertiary/aromatic N) is 3. The van der Waals surface area contributed by atoms with Crippen molar-refractivity contribution in [2.45, 2.75) is 26.9 Å². The summed E-state index contributed by atoms with van der Waals surface area (Å²) < 4.78 is 15.2. The van der Waals surface area contributed by atoms with Crippen molar-refractivity contribution in [1.29, 1.82) is 0 Å². The predicted octanol–water partition coefficient (Wildman–Crippen LogP) is 4.19. The highest BCUT2D eigenvalue weighted by Gasteiger charge is 2.03. The van der Waals surface area contributed by atoms with Crippen LogP contribution in [0, 0.1) is 12.7 Å². The molecule has 0 aliphatic heterocycles. The second-order valence-electron chi connectivity index (χ2n) is 6.26. The summed E-state index contributed by atoms with van der Waals surface area (Å²) in [6.45, 7) is 5.65. The quantitative estimate of drug-likeness (QED) is 0.308. The smallest absolute Gasteiger partial charge is 0.191 e. The van der Waals surface area contributed by atoms with Crippen LogP contribution in [-0.4, -0.2) is 22.3 Å². The van der Waals surface area contributed by atoms with E-state index in [4.69, 9.17) is 0 Å². The van der Waals surface area contributed by atoms with Crippen LogP contribution in [0.15, 0.2) is 65.9 Å². The van der Waals surface area contributed by atoms with Crippen molar-refractivity contribution in [3.63, 3.8) is 0 Å². The Kier molecular flexibility index (Phi) is 8.43. The highest BCUT2D eigenvalue weighted by Crippen LogP contribution is 2.10. The Hall–Kier alpha value is -2.42. The van der Waals surface area contributed by atoms with E-state index in [2.05, 4.69) is 20.7 Å². The van der Waals surface area contributed by atoms with Gasteiger partial charge in [0.1, 0.15) is 5.82 Å². The van der Waals surface area contributed by atoms with Crippen LogP contribution in [0.25, 0.3) is 5.69 Å². The zero-order valence-corrected chi connectivity index (χ0v) is 18.4. The molecule has 2 N–H and O–H groups in total. The lowest BCUT2D eigenvalue weighted by Crippen LogP contribution is -2.36. The number of aliphatic imine (C=N–C) groups is 1. The first-order chi connectivity index (χ1) is 13.2. The lowest BCUT2D eigenvalue weighted by Gasteiger charge is -2.11. The van der Waals surface area contributed by atoms with E-state index in [0.29, 0.717) is 24.6 Å². The van der Waals surface area contributed by atoms with Gasteiger partial charge in [-0.25, -0.2) is 14.1 Å². The van der Waals surface area contributed by atoms with Gasteiger partial charge in [0.05, 0.1) is 18.4 Å². The van der Waals surface area contributed by atoms with Crippen LogP contribution in [-0.2, 0) is 13.1 Å². The van der Waals surface area contributed by atoms with Crippen molar-refractivity contribution in [2.75, 3.05) is 6.54 Å². The molecule has 28 heavy (non-hydrogen) atoms. The predicted molar refractivity (Wildman–Crippen MR) is 122 cm³/mol. The Balaban J connectivity index is 0.00000280. The number of aryl methyl sites for hydroxylation is 1. The van der Waals surface area contributed by atoms with Crippen molar-refractivity contribution in [3.05, 3.63) is 83.4 Å². The number of nitrogens with one attached hydrogen (secondary N) is 2. The Morgan fingerprint density at radius 3 is 2.61 bits per heavy atom. The molecule has 0 aliphatic rings. The Bertz CT molecular complexity index is 908. The Morgan fingerprint density at radius 2 is 1.89 bits per heavy atom. The summed E-state index contributed by atoms with van der Waals surface area (Å²) in [6, 6.07) is 15.1. The van der Waals surface area contributed by atoms with Gasteiger partial charge in [-0.05, 0) is 43.2 Å². The number of halogens is 2. The molecule has 3 rings (SSSR count). The molecule has 0 radical (unpaired) electrons. The zero-order valence-electron chi connectivity index (χ0n) is 16.0. The first-order valence-corrected chi connectivity index (χ1v) is 9.02. The van der Waals surface area contributed by atoms with Gasteiger partial charge < -0.3 is 10.6 Å². The third-order valence-corrected chi connectivity index (χ3v) is 4.10. The van der Waals surface area contributed by atoms with Crippen molar-refractivity contribution >= 4 is 29.9 Å². The minimum absolute atomic E-state index is 0. The van der Waals surface area contributed by atoms with Gasteiger partial charge in [0.25, 0.3) is 0 Å². The monoisotopic (exact) mass is 493 g/mol. The van der Waals surface area contributed by atoms with E-state index in [9.17, 15) is 4.39 Å². The number of rotatable bonds is 6. The molecule has 0 unspecified atom stereocenters. The molecule has 2 aromatic carbocycles. The highest BCUT2D eigenvalue weighted by atomic mass is 127. The minimum atomic E-state index is -0.185. The maximum atomic E-state index is 13.4. The number of benzene rings is 2. The molecule has 1 heterocycles. The normalized spacial score (nSPS) is 11.0. The number of aromatic nitrogens is 2. The molecular formula is C21H25FIN5. The minimum Gasteiger partial charge on any atom is -0.357 e. The third-order valence-electron chi connectivity index (χ3n) is 4.10. The molecule has 3 aromatic rings. The van der Waals surface area contributed by atoms with Crippen molar-refractivity contribution in [3.8, 4) is 5.69 Å². The van der Waals surface area contributed by atoms with Gasteiger partial charge in [0, 0.05) is 24.8 Å². The summed E-state index contributed by atoms with van der Waals surface area (Å²) in [7, 11) is 0. The van der Waals surface area contributed by atoms with E-state index < -0.39 is 0 Å². The topological polar surface area (TPSA) is 54.2 Å². The number of para-hydroxylation sites is 1. The average molecular weight is 493 g/mol. The van der Waals surface area contributed by atoms with Gasteiger partial charge in [-0.3, -0.25) is 0 Å². The van der Waals surface area contributed by atoms with Crippen molar-refractivity contribution in [2.24, 2.45) is 4.99 Å². The van der Waals surface area contributed by atoms with Gasteiger partial charge in [-0.15, -0.1) is 24.0 Å². The first kappa shape index (κ1) is 21.9. The first-order valence-electron chi connectivity index (χ1n) is 9.02. The zero-order chi connectivity index (χ0) is 19.1. The molecule has 0 aliphatic carbocycles. The van der Waals surface area contributed by atoms with Crippen LogP contribution in [0.3, 0.4) is 0 Å². The third kappa shape index (κ3) is 6.05. The van der Waals surface area contributed by atoms with Gasteiger partial charge >= 0.3 is 0 Å². The summed E-state index contributed by atoms with van der Waals surface area (Å²) in [5, 5.41) is 10.9. The molecule has 5 nitrogen and oxygen atoms in total. The van der Waals surface area contributed by atoms with E-state index in [1.807, 2.05) is 60.4 Å². The fraction of sp³-hybridized carbons (Fsp3) is 0.238. The maximum absolute atomic E-state index is 13.4. The van der Waals surface area contributed by atoms with E-state index in [-0.39, 0.29) is 29.8 Å². The summed E-state index contributed by atoms with van der Waals surface area (Å²) in [5.41, 5.74) is 3.69. The van der Waals surface area contributed by atoms with E-state index in [0.717, 1.165) is 23.4 Å². The van der Waals surface area contributed by atoms with E-state index >= 15 is 0 Å². The molecule has 0 saturated heterocycles. The van der Waals surface area contributed by atoms with Crippen LogP contribution in [0.2, 0.25) is 0 Å². The van der Waals surface area contributed by atoms with Crippen LogP contribution in [0.4, 0.5) is 4.39 Å². The molecule has 0 bridgehead atoms. The molecule has 7 heteroatoms. The lowest BCUT2D eigenvalue weighted by molar-refractivity contribution is 0.617. The molecule has 1 aromatic heterocycles. The summed E-state index contributed by atoms with van der Waals surface area (Å²) in [6.07, 6.45) is 3.80. The van der Waals surface area contributed by atoms with Crippen LogP contribution >= 0.6 is 24.0 Å². The average Bonchev–Trinajstić information content (AvgIpc) is 3.16. The molecule has 148 valence electrons. The van der Waals surface area contributed by atoms with Crippen molar-refractivity contribution in [1.82, 2.24) is 20.4 Å². The highest BCUT2D eigenvalue weighted by molar-refractivity contribution is 14.0. The van der Waals surface area contributed by atoms with Crippen LogP contribution in [0.1, 0.15) is 23.6 Å². The largest absolute Gasteiger partial charge is 0.357 e. The molecule has 0 atom stereocenters. The molecule has 0 spiro atoms.